The van der Waals surface area contributed by atoms with E-state index >= 15 is 0 Å². The van der Waals surface area contributed by atoms with Crippen molar-refractivity contribution in [3.8, 4) is 5.75 Å². The number of benzene rings is 2. The summed E-state index contributed by atoms with van der Waals surface area (Å²) < 4.78 is 20.6. The quantitative estimate of drug-likeness (QED) is 0.768. The van der Waals surface area contributed by atoms with Crippen LogP contribution in [0.3, 0.4) is 0 Å². The van der Waals surface area contributed by atoms with E-state index in [1.165, 1.54) is 0 Å². The van der Waals surface area contributed by atoms with Gasteiger partial charge in [0.25, 0.3) is 0 Å². The number of carboxylic acids is 1. The standard InChI is InChI=1S/C19H18FNO3/c1-12-13(2)21(11-14-7-4-3-5-8-14)15-9-6-10-16(17(12)15)24-18(20)19(22)23/h3-10,18H,11H2,1-2H3,(H,22,23). The van der Waals surface area contributed by atoms with Gasteiger partial charge in [-0.25, -0.2) is 4.79 Å². The van der Waals surface area contributed by atoms with Gasteiger partial charge < -0.3 is 14.4 Å². The smallest absolute Gasteiger partial charge is 0.378 e. The zero-order chi connectivity index (χ0) is 17.3. The fourth-order valence-corrected chi connectivity index (χ4v) is 2.92. The molecule has 2 aromatic carbocycles. The number of carbonyl (C=O) groups is 1. The van der Waals surface area contributed by atoms with Gasteiger partial charge in [-0.3, -0.25) is 0 Å². The van der Waals surface area contributed by atoms with Gasteiger partial charge in [-0.1, -0.05) is 36.4 Å². The van der Waals surface area contributed by atoms with Crippen molar-refractivity contribution in [1.82, 2.24) is 4.57 Å². The molecule has 0 fully saturated rings. The van der Waals surface area contributed by atoms with E-state index in [1.54, 1.807) is 12.1 Å². The third-order valence-corrected chi connectivity index (χ3v) is 4.23. The number of aryl methyl sites for hydroxylation is 1. The molecule has 0 aliphatic carbocycles. The van der Waals surface area contributed by atoms with Crippen LogP contribution in [0.5, 0.6) is 5.75 Å². The Labute approximate surface area is 139 Å². The van der Waals surface area contributed by atoms with E-state index in [9.17, 15) is 9.18 Å². The number of hydrogen-bond donors (Lipinski definition) is 1. The molecule has 1 unspecified atom stereocenters. The normalized spacial score (nSPS) is 12.3. The second-order valence-corrected chi connectivity index (χ2v) is 5.70. The summed E-state index contributed by atoms with van der Waals surface area (Å²) >= 11 is 0. The van der Waals surface area contributed by atoms with Crippen LogP contribution in [0.2, 0.25) is 0 Å². The van der Waals surface area contributed by atoms with Crippen LogP contribution in [0, 0.1) is 13.8 Å². The number of alkyl halides is 1. The fraction of sp³-hybridized carbons (Fsp3) is 0.211. The molecule has 1 atom stereocenters. The Morgan fingerprint density at radius 3 is 2.54 bits per heavy atom. The molecule has 0 radical (unpaired) electrons. The molecule has 4 nitrogen and oxygen atoms in total. The van der Waals surface area contributed by atoms with E-state index in [4.69, 9.17) is 9.84 Å². The van der Waals surface area contributed by atoms with Crippen LogP contribution < -0.4 is 4.74 Å². The number of rotatable bonds is 5. The van der Waals surface area contributed by atoms with E-state index in [0.717, 1.165) is 27.7 Å². The zero-order valence-electron chi connectivity index (χ0n) is 13.5. The minimum Gasteiger partial charge on any atom is -0.476 e. The van der Waals surface area contributed by atoms with E-state index in [0.29, 0.717) is 6.54 Å². The van der Waals surface area contributed by atoms with Gasteiger partial charge in [0.1, 0.15) is 5.75 Å². The fourth-order valence-electron chi connectivity index (χ4n) is 2.92. The molecule has 3 rings (SSSR count). The number of nitrogens with zero attached hydrogens (tertiary/aromatic N) is 1. The summed E-state index contributed by atoms with van der Waals surface area (Å²) in [5.41, 5.74) is 4.03. The van der Waals surface area contributed by atoms with Gasteiger partial charge in [-0.05, 0) is 37.1 Å². The van der Waals surface area contributed by atoms with E-state index < -0.39 is 12.3 Å². The Bertz CT molecular complexity index is 887. The SMILES string of the molecule is Cc1c(C)n(Cc2ccccc2)c2cccc(OC(F)C(=O)O)c12. The third-order valence-electron chi connectivity index (χ3n) is 4.23. The first-order chi connectivity index (χ1) is 11.5. The third kappa shape index (κ3) is 2.85. The lowest BCUT2D eigenvalue weighted by atomic mass is 10.1. The number of aromatic nitrogens is 1. The molecule has 24 heavy (non-hydrogen) atoms. The summed E-state index contributed by atoms with van der Waals surface area (Å²) in [7, 11) is 0. The molecule has 0 spiro atoms. The van der Waals surface area contributed by atoms with Crippen molar-refractivity contribution in [2.75, 3.05) is 0 Å². The molecule has 0 aliphatic heterocycles. The van der Waals surface area contributed by atoms with Crippen LogP contribution in [0.25, 0.3) is 10.9 Å². The van der Waals surface area contributed by atoms with Crippen molar-refractivity contribution in [3.05, 3.63) is 65.4 Å². The van der Waals surface area contributed by atoms with Crippen molar-refractivity contribution in [3.63, 3.8) is 0 Å². The van der Waals surface area contributed by atoms with Crippen molar-refractivity contribution in [1.29, 1.82) is 0 Å². The molecular formula is C19H18FNO3. The molecule has 0 aliphatic rings. The van der Waals surface area contributed by atoms with Gasteiger partial charge in [0.15, 0.2) is 0 Å². The molecule has 0 amide bonds. The van der Waals surface area contributed by atoms with Gasteiger partial charge in [-0.2, -0.15) is 4.39 Å². The van der Waals surface area contributed by atoms with Crippen molar-refractivity contribution < 1.29 is 19.0 Å². The molecule has 1 heterocycles. The highest BCUT2D eigenvalue weighted by atomic mass is 19.1. The summed E-state index contributed by atoms with van der Waals surface area (Å²) in [5, 5.41) is 9.48. The average Bonchev–Trinajstić information content (AvgIpc) is 2.81. The van der Waals surface area contributed by atoms with Crippen molar-refractivity contribution >= 4 is 16.9 Å². The number of aliphatic carboxylic acids is 1. The maximum atomic E-state index is 13.5. The first kappa shape index (κ1) is 16.1. The lowest BCUT2D eigenvalue weighted by Crippen LogP contribution is -2.21. The largest absolute Gasteiger partial charge is 0.476 e. The second-order valence-electron chi connectivity index (χ2n) is 5.70. The second kappa shape index (κ2) is 6.35. The Kier molecular flexibility index (Phi) is 4.25. The summed E-state index contributed by atoms with van der Waals surface area (Å²) in [5.74, 6) is -1.39. The van der Waals surface area contributed by atoms with Gasteiger partial charge in [0, 0.05) is 17.6 Å². The van der Waals surface area contributed by atoms with Crippen LogP contribution in [-0.4, -0.2) is 22.0 Å². The Morgan fingerprint density at radius 1 is 1.17 bits per heavy atom. The molecule has 1 aromatic heterocycles. The monoisotopic (exact) mass is 327 g/mol. The summed E-state index contributed by atoms with van der Waals surface area (Å²) in [6.07, 6.45) is -2.38. The zero-order valence-corrected chi connectivity index (χ0v) is 13.5. The highest BCUT2D eigenvalue weighted by molar-refractivity contribution is 5.91. The van der Waals surface area contributed by atoms with E-state index in [-0.39, 0.29) is 5.75 Å². The number of hydrogen-bond acceptors (Lipinski definition) is 2. The van der Waals surface area contributed by atoms with Gasteiger partial charge in [-0.15, -0.1) is 0 Å². The summed E-state index contributed by atoms with van der Waals surface area (Å²) in [4.78, 5) is 10.7. The molecule has 0 bridgehead atoms. The topological polar surface area (TPSA) is 51.5 Å². The Balaban J connectivity index is 2.09. The maximum Gasteiger partial charge on any atom is 0.378 e. The molecule has 5 heteroatoms. The Morgan fingerprint density at radius 2 is 1.88 bits per heavy atom. The average molecular weight is 327 g/mol. The van der Waals surface area contributed by atoms with Gasteiger partial charge >= 0.3 is 12.3 Å². The van der Waals surface area contributed by atoms with Crippen molar-refractivity contribution in [2.24, 2.45) is 0 Å². The van der Waals surface area contributed by atoms with Gasteiger partial charge in [0.2, 0.25) is 0 Å². The number of halogens is 1. The maximum absolute atomic E-state index is 13.5. The number of carboxylic acid groups (broad SMARTS) is 1. The Hall–Kier alpha value is -2.82. The number of ether oxygens (including phenoxy) is 1. The summed E-state index contributed by atoms with van der Waals surface area (Å²) in [6, 6.07) is 15.3. The van der Waals surface area contributed by atoms with E-state index in [1.807, 2.05) is 50.2 Å². The van der Waals surface area contributed by atoms with Crippen molar-refractivity contribution in [2.45, 2.75) is 26.7 Å². The molecule has 1 N–H and O–H groups in total. The molecule has 0 saturated heterocycles. The lowest BCUT2D eigenvalue weighted by molar-refractivity contribution is -0.153. The lowest BCUT2D eigenvalue weighted by Gasteiger charge is -2.11. The molecule has 0 saturated carbocycles. The number of fused-ring (bicyclic) bond motifs is 1. The highest BCUT2D eigenvalue weighted by Crippen LogP contribution is 2.34. The first-order valence-corrected chi connectivity index (χ1v) is 7.65. The van der Waals surface area contributed by atoms with Crippen LogP contribution in [-0.2, 0) is 11.3 Å². The summed E-state index contributed by atoms with van der Waals surface area (Å²) in [6.45, 7) is 4.60. The predicted octanol–water partition coefficient (Wildman–Crippen LogP) is 4.07. The van der Waals surface area contributed by atoms with E-state index in [2.05, 4.69) is 4.57 Å². The van der Waals surface area contributed by atoms with Crippen LogP contribution in [0.1, 0.15) is 16.8 Å². The van der Waals surface area contributed by atoms with Crippen LogP contribution >= 0.6 is 0 Å². The predicted molar refractivity (Wildman–Crippen MR) is 90.1 cm³/mol. The first-order valence-electron chi connectivity index (χ1n) is 7.65. The molecule has 124 valence electrons. The molecular weight excluding hydrogens is 309 g/mol. The minimum absolute atomic E-state index is 0.245. The molecule has 3 aromatic rings. The van der Waals surface area contributed by atoms with Crippen LogP contribution in [0.15, 0.2) is 48.5 Å². The van der Waals surface area contributed by atoms with Gasteiger partial charge in [0.05, 0.1) is 5.52 Å². The minimum atomic E-state index is -2.38. The van der Waals surface area contributed by atoms with Crippen LogP contribution in [0.4, 0.5) is 4.39 Å². The highest BCUT2D eigenvalue weighted by Gasteiger charge is 2.21.